The second-order valence-electron chi connectivity index (χ2n) is 4.13. The van der Waals surface area contributed by atoms with Gasteiger partial charge >= 0.3 is 0 Å². The van der Waals surface area contributed by atoms with E-state index in [4.69, 9.17) is 4.74 Å². The van der Waals surface area contributed by atoms with Gasteiger partial charge < -0.3 is 10.1 Å². The molecule has 100 valence electrons. The van der Waals surface area contributed by atoms with Crippen molar-refractivity contribution in [2.45, 2.75) is 6.92 Å². The lowest BCUT2D eigenvalue weighted by Crippen LogP contribution is -2.07. The first-order valence-corrected chi connectivity index (χ1v) is 6.29. The van der Waals surface area contributed by atoms with E-state index >= 15 is 0 Å². The highest BCUT2D eigenvalue weighted by atomic mass is 16.5. The van der Waals surface area contributed by atoms with Crippen molar-refractivity contribution in [1.82, 2.24) is 0 Å². The minimum atomic E-state index is -0.128. The van der Waals surface area contributed by atoms with Crippen LogP contribution in [0.5, 0.6) is 5.75 Å². The monoisotopic (exact) mass is 265 g/mol. The minimum Gasteiger partial charge on any atom is -0.479 e. The second-order valence-corrected chi connectivity index (χ2v) is 4.13. The highest BCUT2D eigenvalue weighted by Crippen LogP contribution is 2.23. The Balaban J connectivity index is 1.98. The quantitative estimate of drug-likeness (QED) is 0.866. The number of nitrogens with one attached hydrogen (secondary N) is 1. The first-order chi connectivity index (χ1) is 9.75. The molecule has 0 aliphatic carbocycles. The number of amides is 1. The molecule has 2 aromatic rings. The summed E-state index contributed by atoms with van der Waals surface area (Å²) in [4.78, 5) is 11.1. The van der Waals surface area contributed by atoms with Gasteiger partial charge in [0, 0.05) is 12.5 Å². The summed E-state index contributed by atoms with van der Waals surface area (Å²) in [7, 11) is 0. The Morgan fingerprint density at radius 3 is 2.55 bits per heavy atom. The maximum atomic E-state index is 11.1. The molecule has 0 saturated carbocycles. The number of hydrogen-bond acceptors (Lipinski definition) is 2. The normalized spacial score (nSPS) is 9.25. The van der Waals surface area contributed by atoms with Gasteiger partial charge in [-0.25, -0.2) is 0 Å². The van der Waals surface area contributed by atoms with Crippen molar-refractivity contribution < 1.29 is 9.53 Å². The number of benzene rings is 2. The van der Waals surface area contributed by atoms with E-state index in [0.717, 1.165) is 5.56 Å². The summed E-state index contributed by atoms with van der Waals surface area (Å²) in [5, 5.41) is 2.72. The van der Waals surface area contributed by atoms with Crippen LogP contribution >= 0.6 is 0 Å². The maximum Gasteiger partial charge on any atom is 0.221 e. The molecule has 0 fully saturated rings. The number of ether oxygens (including phenoxy) is 1. The van der Waals surface area contributed by atoms with E-state index in [1.165, 1.54) is 6.92 Å². The summed E-state index contributed by atoms with van der Waals surface area (Å²) in [6.45, 7) is 1.73. The van der Waals surface area contributed by atoms with Crippen LogP contribution in [-0.2, 0) is 4.79 Å². The summed E-state index contributed by atoms with van der Waals surface area (Å²) in [5.74, 6) is 6.45. The number of rotatable bonds is 3. The molecule has 20 heavy (non-hydrogen) atoms. The van der Waals surface area contributed by atoms with E-state index in [0.29, 0.717) is 11.4 Å². The molecule has 0 bridgehead atoms. The zero-order chi connectivity index (χ0) is 14.2. The van der Waals surface area contributed by atoms with Crippen LogP contribution in [0.25, 0.3) is 0 Å². The van der Waals surface area contributed by atoms with Crippen molar-refractivity contribution in [3.63, 3.8) is 0 Å². The largest absolute Gasteiger partial charge is 0.479 e. The van der Waals surface area contributed by atoms with Crippen molar-refractivity contribution >= 4 is 11.6 Å². The average molecular weight is 265 g/mol. The Kier molecular flexibility index (Phi) is 4.80. The summed E-state index contributed by atoms with van der Waals surface area (Å²) < 4.78 is 5.57. The lowest BCUT2D eigenvalue weighted by Gasteiger charge is -2.09. The maximum absolute atomic E-state index is 11.1. The van der Waals surface area contributed by atoms with Crippen molar-refractivity contribution in [3.8, 4) is 17.6 Å². The van der Waals surface area contributed by atoms with Gasteiger partial charge in [0.25, 0.3) is 0 Å². The van der Waals surface area contributed by atoms with Crippen molar-refractivity contribution in [2.75, 3.05) is 11.9 Å². The van der Waals surface area contributed by atoms with Gasteiger partial charge in [0.05, 0.1) is 5.69 Å². The van der Waals surface area contributed by atoms with Crippen LogP contribution in [0.15, 0.2) is 54.6 Å². The van der Waals surface area contributed by atoms with E-state index in [1.807, 2.05) is 42.5 Å². The van der Waals surface area contributed by atoms with Crippen molar-refractivity contribution in [1.29, 1.82) is 0 Å². The van der Waals surface area contributed by atoms with Gasteiger partial charge in [-0.2, -0.15) is 0 Å². The Hall–Kier alpha value is -2.73. The molecule has 0 radical (unpaired) electrons. The molecule has 0 aliphatic rings. The van der Waals surface area contributed by atoms with Crippen molar-refractivity contribution in [2.24, 2.45) is 0 Å². The smallest absolute Gasteiger partial charge is 0.221 e. The van der Waals surface area contributed by atoms with E-state index in [-0.39, 0.29) is 12.5 Å². The molecule has 3 heteroatoms. The third-order valence-electron chi connectivity index (χ3n) is 2.50. The van der Waals surface area contributed by atoms with E-state index in [2.05, 4.69) is 17.2 Å². The van der Waals surface area contributed by atoms with Gasteiger partial charge in [-0.3, -0.25) is 4.79 Å². The standard InChI is InChI=1S/C17H15NO2/c1-14(19)18-16-11-5-6-12-17(16)20-13-7-10-15-8-3-2-4-9-15/h2-6,8-9,11-12H,13H2,1H3,(H,18,19). The van der Waals surface area contributed by atoms with Gasteiger partial charge in [-0.15, -0.1) is 0 Å². The zero-order valence-corrected chi connectivity index (χ0v) is 11.2. The van der Waals surface area contributed by atoms with Gasteiger partial charge in [-0.05, 0) is 24.3 Å². The molecule has 2 rings (SSSR count). The Bertz CT molecular complexity index is 639. The first-order valence-electron chi connectivity index (χ1n) is 6.29. The topological polar surface area (TPSA) is 38.3 Å². The molecule has 2 aromatic carbocycles. The predicted molar refractivity (Wildman–Crippen MR) is 79.6 cm³/mol. The third kappa shape index (κ3) is 4.18. The molecule has 0 atom stereocenters. The second kappa shape index (κ2) is 7.01. The number of para-hydroxylation sites is 2. The molecule has 0 saturated heterocycles. The SMILES string of the molecule is CC(=O)Nc1ccccc1OCC#Cc1ccccc1. The summed E-state index contributed by atoms with van der Waals surface area (Å²) in [5.41, 5.74) is 1.60. The Morgan fingerprint density at radius 1 is 1.10 bits per heavy atom. The summed E-state index contributed by atoms with van der Waals surface area (Å²) in [6, 6.07) is 17.0. The number of carbonyl (C=O) groups is 1. The van der Waals surface area contributed by atoms with Crippen molar-refractivity contribution in [3.05, 3.63) is 60.2 Å². The summed E-state index contributed by atoms with van der Waals surface area (Å²) >= 11 is 0. The van der Waals surface area contributed by atoms with Crippen LogP contribution in [0.1, 0.15) is 12.5 Å². The fraction of sp³-hybridized carbons (Fsp3) is 0.118. The Morgan fingerprint density at radius 2 is 1.80 bits per heavy atom. The van der Waals surface area contributed by atoms with Gasteiger partial charge in [0.2, 0.25) is 5.91 Å². The average Bonchev–Trinajstić information content (AvgIpc) is 2.46. The minimum absolute atomic E-state index is 0.128. The molecule has 1 N–H and O–H groups in total. The van der Waals surface area contributed by atoms with Gasteiger partial charge in [-0.1, -0.05) is 42.2 Å². The Labute approximate surface area is 118 Å². The highest BCUT2D eigenvalue weighted by Gasteiger charge is 2.02. The van der Waals surface area contributed by atoms with Crippen LogP contribution in [-0.4, -0.2) is 12.5 Å². The lowest BCUT2D eigenvalue weighted by atomic mass is 10.2. The lowest BCUT2D eigenvalue weighted by molar-refractivity contribution is -0.114. The van der Waals surface area contributed by atoms with E-state index in [9.17, 15) is 4.79 Å². The highest BCUT2D eigenvalue weighted by molar-refractivity contribution is 5.90. The van der Waals surface area contributed by atoms with E-state index in [1.54, 1.807) is 12.1 Å². The van der Waals surface area contributed by atoms with Crippen LogP contribution in [0.4, 0.5) is 5.69 Å². The molecule has 0 aromatic heterocycles. The van der Waals surface area contributed by atoms with Gasteiger partial charge in [0.1, 0.15) is 12.4 Å². The number of hydrogen-bond donors (Lipinski definition) is 1. The van der Waals surface area contributed by atoms with E-state index < -0.39 is 0 Å². The number of anilines is 1. The van der Waals surface area contributed by atoms with Crippen LogP contribution in [0, 0.1) is 11.8 Å². The number of carbonyl (C=O) groups excluding carboxylic acids is 1. The molecule has 0 heterocycles. The fourth-order valence-electron chi connectivity index (χ4n) is 1.66. The molecule has 0 unspecified atom stereocenters. The fourth-order valence-corrected chi connectivity index (χ4v) is 1.66. The van der Waals surface area contributed by atoms with Crippen LogP contribution in [0.3, 0.4) is 0 Å². The molecule has 3 nitrogen and oxygen atoms in total. The molecule has 0 spiro atoms. The van der Waals surface area contributed by atoms with Crippen LogP contribution < -0.4 is 10.1 Å². The van der Waals surface area contributed by atoms with Gasteiger partial charge in [0.15, 0.2) is 0 Å². The third-order valence-corrected chi connectivity index (χ3v) is 2.50. The van der Waals surface area contributed by atoms with Crippen LogP contribution in [0.2, 0.25) is 0 Å². The molecule has 0 aliphatic heterocycles. The summed E-state index contributed by atoms with van der Waals surface area (Å²) in [6.07, 6.45) is 0. The first kappa shape index (κ1) is 13.7. The molecular formula is C17H15NO2. The molecular weight excluding hydrogens is 250 g/mol. The predicted octanol–water partition coefficient (Wildman–Crippen LogP) is 3.08. The molecule has 1 amide bonds. The zero-order valence-electron chi connectivity index (χ0n) is 11.2.